The molecule has 0 N–H and O–H groups in total. The van der Waals surface area contributed by atoms with Crippen molar-refractivity contribution in [3.63, 3.8) is 0 Å². The summed E-state index contributed by atoms with van der Waals surface area (Å²) in [4.78, 5) is 12.7. The van der Waals surface area contributed by atoms with Crippen LogP contribution in [0.4, 0.5) is 0 Å². The first kappa shape index (κ1) is 10.8. The van der Waals surface area contributed by atoms with Crippen molar-refractivity contribution >= 4 is 5.78 Å². The Balaban J connectivity index is 2.05. The zero-order valence-corrected chi connectivity index (χ0v) is 11.0. The van der Waals surface area contributed by atoms with Crippen molar-refractivity contribution in [2.45, 2.75) is 53.4 Å². The second-order valence-electron chi connectivity index (χ2n) is 7.43. The highest BCUT2D eigenvalue weighted by Gasteiger charge is 2.66. The molecular weight excluding hydrogens is 196 g/mol. The van der Waals surface area contributed by atoms with E-state index >= 15 is 0 Å². The van der Waals surface area contributed by atoms with Crippen LogP contribution in [0.15, 0.2) is 0 Å². The van der Waals surface area contributed by atoms with Crippen LogP contribution in [-0.2, 0) is 4.79 Å². The number of carbonyl (C=O) groups excluding carboxylic acids is 1. The molecule has 0 aromatic carbocycles. The van der Waals surface area contributed by atoms with Gasteiger partial charge in [-0.1, -0.05) is 27.7 Å². The van der Waals surface area contributed by atoms with Gasteiger partial charge in [-0.05, 0) is 49.4 Å². The van der Waals surface area contributed by atoms with E-state index in [1.165, 1.54) is 19.3 Å². The molecule has 0 radical (unpaired) electrons. The molecule has 4 bridgehead atoms. The third-order valence-electron chi connectivity index (χ3n) is 6.16. The molecule has 0 aromatic heterocycles. The first-order valence-electron chi connectivity index (χ1n) is 6.93. The molecule has 0 saturated heterocycles. The maximum Gasteiger partial charge on any atom is 0.144 e. The van der Waals surface area contributed by atoms with Crippen molar-refractivity contribution in [3.05, 3.63) is 0 Å². The van der Waals surface area contributed by atoms with E-state index in [4.69, 9.17) is 0 Å². The van der Waals surface area contributed by atoms with Gasteiger partial charge in [-0.3, -0.25) is 4.79 Å². The van der Waals surface area contributed by atoms with Crippen LogP contribution in [0.2, 0.25) is 0 Å². The van der Waals surface area contributed by atoms with Crippen LogP contribution in [0.25, 0.3) is 0 Å². The molecule has 0 heterocycles. The number of rotatable bonds is 1. The van der Waals surface area contributed by atoms with Gasteiger partial charge in [0.2, 0.25) is 0 Å². The summed E-state index contributed by atoms with van der Waals surface area (Å²) in [5.41, 5.74) is 0.0860. The Labute approximate surface area is 99.0 Å². The Morgan fingerprint density at radius 2 is 1.94 bits per heavy atom. The van der Waals surface area contributed by atoms with Gasteiger partial charge in [0.05, 0.1) is 0 Å². The summed E-state index contributed by atoms with van der Waals surface area (Å²) in [5.74, 6) is 3.73. The van der Waals surface area contributed by atoms with Gasteiger partial charge in [0.15, 0.2) is 0 Å². The van der Waals surface area contributed by atoms with Crippen LogP contribution >= 0.6 is 0 Å². The summed E-state index contributed by atoms with van der Waals surface area (Å²) < 4.78 is 0. The lowest BCUT2D eigenvalue weighted by Crippen LogP contribution is -2.53. The van der Waals surface area contributed by atoms with Gasteiger partial charge < -0.3 is 0 Å². The van der Waals surface area contributed by atoms with Crippen molar-refractivity contribution in [3.8, 4) is 0 Å². The highest BCUT2D eigenvalue weighted by molar-refractivity contribution is 5.92. The summed E-state index contributed by atoms with van der Waals surface area (Å²) >= 11 is 0. The smallest absolute Gasteiger partial charge is 0.144 e. The molecule has 4 aliphatic carbocycles. The quantitative estimate of drug-likeness (QED) is 0.659. The fourth-order valence-corrected chi connectivity index (χ4v) is 5.37. The summed E-state index contributed by atoms with van der Waals surface area (Å²) in [6.07, 6.45) is 4.84. The standard InChI is InChI=1S/C15H24O/c1-9(2)10-8-15(4)12-5-6-14(3,13(15)16)7-11(10)12/h9-12H,5-8H2,1-4H3/t10-,11+,12+,14-,15-/m1/s1. The topological polar surface area (TPSA) is 17.1 Å². The maximum atomic E-state index is 12.7. The second-order valence-corrected chi connectivity index (χ2v) is 7.43. The average Bonchev–Trinajstić information content (AvgIpc) is 2.47. The fraction of sp³-hybridized carbons (Fsp3) is 0.933. The Hall–Kier alpha value is -0.330. The van der Waals surface area contributed by atoms with Crippen molar-refractivity contribution in [1.82, 2.24) is 0 Å². The van der Waals surface area contributed by atoms with Gasteiger partial charge in [-0.15, -0.1) is 0 Å². The average molecular weight is 220 g/mol. The van der Waals surface area contributed by atoms with Gasteiger partial charge in [0.1, 0.15) is 5.78 Å². The van der Waals surface area contributed by atoms with Crippen LogP contribution < -0.4 is 0 Å². The van der Waals surface area contributed by atoms with Gasteiger partial charge in [0, 0.05) is 10.8 Å². The minimum atomic E-state index is 0.0395. The lowest BCUT2D eigenvalue weighted by atomic mass is 9.50. The van der Waals surface area contributed by atoms with Crippen LogP contribution in [0.5, 0.6) is 0 Å². The SMILES string of the molecule is CC(C)[C@H]1C[C@@]2(C)C(=O)[C@]3(C)CC[C@H]2[C@H]1C3. The number of hydrogen-bond acceptors (Lipinski definition) is 1. The van der Waals surface area contributed by atoms with E-state index in [2.05, 4.69) is 27.7 Å². The van der Waals surface area contributed by atoms with Crippen LogP contribution in [0, 0.1) is 34.5 Å². The zero-order chi connectivity index (χ0) is 11.7. The lowest BCUT2D eigenvalue weighted by molar-refractivity contribution is -0.154. The predicted molar refractivity (Wildman–Crippen MR) is 65.0 cm³/mol. The normalized spacial score (nSPS) is 55.1. The Bertz CT molecular complexity index is 345. The number of fused-ring (bicyclic) bond motifs is 1. The molecule has 1 nitrogen and oxygen atoms in total. The van der Waals surface area contributed by atoms with Crippen LogP contribution in [0.1, 0.15) is 53.4 Å². The van der Waals surface area contributed by atoms with Gasteiger partial charge in [-0.2, -0.15) is 0 Å². The zero-order valence-electron chi connectivity index (χ0n) is 11.0. The van der Waals surface area contributed by atoms with E-state index in [0.29, 0.717) is 11.7 Å². The molecule has 4 saturated carbocycles. The van der Waals surface area contributed by atoms with Crippen molar-refractivity contribution in [2.75, 3.05) is 0 Å². The largest absolute Gasteiger partial charge is 0.298 e. The molecule has 4 aliphatic rings. The second kappa shape index (κ2) is 2.91. The first-order valence-corrected chi connectivity index (χ1v) is 6.93. The maximum absolute atomic E-state index is 12.7. The Morgan fingerprint density at radius 3 is 2.56 bits per heavy atom. The summed E-state index contributed by atoms with van der Waals surface area (Å²) in [5, 5.41) is 0. The molecule has 0 unspecified atom stereocenters. The number of hydrogen-bond donors (Lipinski definition) is 0. The molecule has 4 rings (SSSR count). The number of Topliss-reactive ketones (excluding diaryl/α,β-unsaturated/α-hetero) is 1. The van der Waals surface area contributed by atoms with Crippen molar-refractivity contribution in [2.24, 2.45) is 34.5 Å². The predicted octanol–water partition coefficient (Wildman–Crippen LogP) is 3.67. The molecular formula is C15H24O. The molecule has 0 aliphatic heterocycles. The lowest BCUT2D eigenvalue weighted by Gasteiger charge is -2.53. The van der Waals surface area contributed by atoms with Crippen molar-refractivity contribution < 1.29 is 4.79 Å². The fourth-order valence-electron chi connectivity index (χ4n) is 5.37. The first-order chi connectivity index (χ1) is 7.38. The van der Waals surface area contributed by atoms with E-state index in [0.717, 1.165) is 24.2 Å². The molecule has 5 atom stereocenters. The molecule has 16 heavy (non-hydrogen) atoms. The Kier molecular flexibility index (Phi) is 1.97. The van der Waals surface area contributed by atoms with Gasteiger partial charge >= 0.3 is 0 Å². The number of ketones is 1. The monoisotopic (exact) mass is 220 g/mol. The van der Waals surface area contributed by atoms with E-state index in [1.54, 1.807) is 0 Å². The highest BCUT2D eigenvalue weighted by atomic mass is 16.1. The third kappa shape index (κ3) is 1.05. The Morgan fingerprint density at radius 1 is 1.25 bits per heavy atom. The van der Waals surface area contributed by atoms with E-state index in [1.807, 2.05) is 0 Å². The van der Waals surface area contributed by atoms with E-state index < -0.39 is 0 Å². The summed E-state index contributed by atoms with van der Waals surface area (Å²) in [6, 6.07) is 0. The minimum absolute atomic E-state index is 0.0395. The number of carbonyl (C=O) groups is 1. The van der Waals surface area contributed by atoms with Gasteiger partial charge in [-0.25, -0.2) is 0 Å². The van der Waals surface area contributed by atoms with E-state index in [-0.39, 0.29) is 10.8 Å². The van der Waals surface area contributed by atoms with Crippen LogP contribution in [0.3, 0.4) is 0 Å². The molecule has 0 amide bonds. The molecule has 90 valence electrons. The third-order valence-corrected chi connectivity index (χ3v) is 6.16. The molecule has 0 spiro atoms. The molecule has 4 fully saturated rings. The minimum Gasteiger partial charge on any atom is -0.298 e. The van der Waals surface area contributed by atoms with Gasteiger partial charge in [0.25, 0.3) is 0 Å². The summed E-state index contributed by atoms with van der Waals surface area (Å²) in [7, 11) is 0. The summed E-state index contributed by atoms with van der Waals surface area (Å²) in [6.45, 7) is 9.19. The van der Waals surface area contributed by atoms with E-state index in [9.17, 15) is 4.79 Å². The van der Waals surface area contributed by atoms with Crippen molar-refractivity contribution in [1.29, 1.82) is 0 Å². The highest BCUT2D eigenvalue weighted by Crippen LogP contribution is 2.68. The molecule has 0 aromatic rings. The van der Waals surface area contributed by atoms with Crippen LogP contribution in [-0.4, -0.2) is 5.78 Å². The molecule has 1 heteroatoms.